The summed E-state index contributed by atoms with van der Waals surface area (Å²) in [6, 6.07) is 4.65. The average molecular weight is 239 g/mol. The molecule has 0 aliphatic rings. The lowest BCUT2D eigenvalue weighted by Crippen LogP contribution is -2.34. The molecule has 6 nitrogen and oxygen atoms in total. The van der Waals surface area contributed by atoms with Gasteiger partial charge >= 0.3 is 0 Å². The highest BCUT2D eigenvalue weighted by molar-refractivity contribution is 5.63. The Bertz CT molecular complexity index is 418. The number of nitro groups is 1. The first-order valence-electron chi connectivity index (χ1n) is 5.24. The number of nitrogens with zero attached hydrogens (tertiary/aromatic N) is 1. The lowest BCUT2D eigenvalue weighted by Gasteiger charge is -2.25. The van der Waals surface area contributed by atoms with Crippen LogP contribution in [0.3, 0.4) is 0 Å². The van der Waals surface area contributed by atoms with Crippen LogP contribution in [0.25, 0.3) is 0 Å². The van der Waals surface area contributed by atoms with Crippen LogP contribution in [-0.4, -0.2) is 29.2 Å². The monoisotopic (exact) mass is 239 g/mol. The van der Waals surface area contributed by atoms with Crippen molar-refractivity contribution in [1.29, 1.82) is 0 Å². The Morgan fingerprint density at radius 2 is 1.94 bits per heavy atom. The van der Waals surface area contributed by atoms with Crippen LogP contribution < -0.4 is 10.6 Å². The Labute approximate surface area is 99.8 Å². The molecule has 94 valence electrons. The molecule has 0 fully saturated rings. The maximum absolute atomic E-state index is 10.8. The molecule has 17 heavy (non-hydrogen) atoms. The van der Waals surface area contributed by atoms with Gasteiger partial charge in [-0.2, -0.15) is 0 Å². The predicted molar refractivity (Wildman–Crippen MR) is 67.4 cm³/mol. The number of nitro benzene ring substituents is 1. The van der Waals surface area contributed by atoms with E-state index in [1.807, 2.05) is 13.8 Å². The number of non-ortho nitro benzene ring substituents is 1. The van der Waals surface area contributed by atoms with E-state index in [9.17, 15) is 10.1 Å². The van der Waals surface area contributed by atoms with Gasteiger partial charge < -0.3 is 15.7 Å². The molecule has 0 heterocycles. The first kappa shape index (κ1) is 13.2. The van der Waals surface area contributed by atoms with Crippen molar-refractivity contribution in [2.24, 2.45) is 0 Å². The van der Waals surface area contributed by atoms with E-state index in [0.717, 1.165) is 0 Å². The van der Waals surface area contributed by atoms with E-state index in [-0.39, 0.29) is 12.3 Å². The van der Waals surface area contributed by atoms with Crippen molar-refractivity contribution in [2.45, 2.75) is 19.4 Å². The molecule has 0 saturated heterocycles. The van der Waals surface area contributed by atoms with E-state index in [1.54, 1.807) is 13.1 Å². The minimum absolute atomic E-state index is 0.00749. The highest BCUT2D eigenvalue weighted by Gasteiger charge is 2.18. The molecule has 0 bridgehead atoms. The first-order chi connectivity index (χ1) is 7.88. The topological polar surface area (TPSA) is 87.4 Å². The Kier molecular flexibility index (Phi) is 3.90. The molecule has 0 saturated carbocycles. The summed E-state index contributed by atoms with van der Waals surface area (Å²) in [7, 11) is 1.69. The first-order valence-corrected chi connectivity index (χ1v) is 5.24. The van der Waals surface area contributed by atoms with Gasteiger partial charge in [0.2, 0.25) is 0 Å². The molecule has 0 aliphatic carbocycles. The SMILES string of the molecule is CNc1cc(NC(C)(C)CO)cc([N+](=O)[O-])c1. The van der Waals surface area contributed by atoms with Gasteiger partial charge in [-0.05, 0) is 19.9 Å². The molecule has 1 aromatic carbocycles. The molecule has 3 N–H and O–H groups in total. The van der Waals surface area contributed by atoms with Crippen LogP contribution in [0.1, 0.15) is 13.8 Å². The fourth-order valence-corrected chi connectivity index (χ4v) is 1.36. The van der Waals surface area contributed by atoms with Gasteiger partial charge in [0.05, 0.1) is 17.1 Å². The van der Waals surface area contributed by atoms with Crippen molar-refractivity contribution in [3.05, 3.63) is 28.3 Å². The number of aliphatic hydroxyl groups is 1. The lowest BCUT2D eigenvalue weighted by molar-refractivity contribution is -0.384. The quantitative estimate of drug-likeness (QED) is 0.539. The fourth-order valence-electron chi connectivity index (χ4n) is 1.36. The smallest absolute Gasteiger partial charge is 0.273 e. The lowest BCUT2D eigenvalue weighted by atomic mass is 10.1. The van der Waals surface area contributed by atoms with E-state index >= 15 is 0 Å². The zero-order chi connectivity index (χ0) is 13.1. The van der Waals surface area contributed by atoms with Gasteiger partial charge in [-0.15, -0.1) is 0 Å². The van der Waals surface area contributed by atoms with Crippen LogP contribution >= 0.6 is 0 Å². The summed E-state index contributed by atoms with van der Waals surface area (Å²) in [6.07, 6.45) is 0. The summed E-state index contributed by atoms with van der Waals surface area (Å²) < 4.78 is 0. The summed E-state index contributed by atoms with van der Waals surface area (Å²) in [5.41, 5.74) is 0.728. The number of anilines is 2. The van der Waals surface area contributed by atoms with Crippen LogP contribution in [0.4, 0.5) is 17.1 Å². The van der Waals surface area contributed by atoms with Crippen LogP contribution in [0.15, 0.2) is 18.2 Å². The van der Waals surface area contributed by atoms with Crippen LogP contribution in [-0.2, 0) is 0 Å². The van der Waals surface area contributed by atoms with Crippen molar-refractivity contribution >= 4 is 17.1 Å². The number of rotatable bonds is 5. The highest BCUT2D eigenvalue weighted by atomic mass is 16.6. The molecule has 6 heteroatoms. The van der Waals surface area contributed by atoms with Crippen molar-refractivity contribution in [3.63, 3.8) is 0 Å². The Morgan fingerprint density at radius 1 is 1.35 bits per heavy atom. The average Bonchev–Trinajstić information content (AvgIpc) is 2.28. The van der Waals surface area contributed by atoms with Gasteiger partial charge in [0.15, 0.2) is 0 Å². The summed E-state index contributed by atoms with van der Waals surface area (Å²) in [6.45, 7) is 3.56. The Balaban J connectivity index is 3.07. The molecule has 0 atom stereocenters. The van der Waals surface area contributed by atoms with Crippen molar-refractivity contribution in [1.82, 2.24) is 0 Å². The van der Waals surface area contributed by atoms with Crippen molar-refractivity contribution in [3.8, 4) is 0 Å². The molecular weight excluding hydrogens is 222 g/mol. The zero-order valence-corrected chi connectivity index (χ0v) is 10.2. The van der Waals surface area contributed by atoms with Crippen LogP contribution in [0.5, 0.6) is 0 Å². The maximum atomic E-state index is 10.8. The normalized spacial score (nSPS) is 11.1. The third-order valence-corrected chi connectivity index (χ3v) is 2.30. The van der Waals surface area contributed by atoms with Gasteiger partial charge in [0.25, 0.3) is 5.69 Å². The molecule has 0 unspecified atom stereocenters. The molecular formula is C11H17N3O3. The maximum Gasteiger partial charge on any atom is 0.273 e. The van der Waals surface area contributed by atoms with Crippen LogP contribution in [0.2, 0.25) is 0 Å². The molecule has 0 spiro atoms. The van der Waals surface area contributed by atoms with E-state index in [4.69, 9.17) is 5.11 Å². The summed E-state index contributed by atoms with van der Waals surface area (Å²) >= 11 is 0. The number of benzene rings is 1. The molecule has 0 aromatic heterocycles. The zero-order valence-electron chi connectivity index (χ0n) is 10.2. The van der Waals surface area contributed by atoms with Gasteiger partial charge in [-0.25, -0.2) is 0 Å². The molecule has 1 aromatic rings. The number of aliphatic hydroxyl groups excluding tert-OH is 1. The minimum Gasteiger partial charge on any atom is -0.394 e. The van der Waals surface area contributed by atoms with Gasteiger partial charge in [-0.1, -0.05) is 0 Å². The summed E-state index contributed by atoms with van der Waals surface area (Å²) in [4.78, 5) is 10.3. The van der Waals surface area contributed by atoms with E-state index in [0.29, 0.717) is 11.4 Å². The second-order valence-electron chi connectivity index (χ2n) is 4.44. The van der Waals surface area contributed by atoms with Gasteiger partial charge in [-0.3, -0.25) is 10.1 Å². The largest absolute Gasteiger partial charge is 0.394 e. The molecule has 0 radical (unpaired) electrons. The van der Waals surface area contributed by atoms with Gasteiger partial charge in [0, 0.05) is 30.6 Å². The highest BCUT2D eigenvalue weighted by Crippen LogP contribution is 2.26. The van der Waals surface area contributed by atoms with Gasteiger partial charge in [0.1, 0.15) is 0 Å². The second kappa shape index (κ2) is 5.01. The number of nitrogens with one attached hydrogen (secondary N) is 2. The van der Waals surface area contributed by atoms with Crippen LogP contribution in [0, 0.1) is 10.1 Å². The summed E-state index contributed by atoms with van der Waals surface area (Å²) in [5, 5.41) is 25.8. The second-order valence-corrected chi connectivity index (χ2v) is 4.44. The number of hydrogen-bond acceptors (Lipinski definition) is 5. The molecule has 0 aliphatic heterocycles. The molecule has 0 amide bonds. The fraction of sp³-hybridized carbons (Fsp3) is 0.455. The van der Waals surface area contributed by atoms with Crippen molar-refractivity contribution in [2.75, 3.05) is 24.3 Å². The molecule has 1 rings (SSSR count). The minimum atomic E-state index is -0.528. The standard InChI is InChI=1S/C11H17N3O3/c1-11(2,7-15)13-9-4-8(12-3)5-10(6-9)14(16)17/h4-6,12-13,15H,7H2,1-3H3. The van der Waals surface area contributed by atoms with E-state index in [1.165, 1.54) is 12.1 Å². The van der Waals surface area contributed by atoms with E-state index in [2.05, 4.69) is 10.6 Å². The Morgan fingerprint density at radius 3 is 2.41 bits per heavy atom. The number of hydrogen-bond donors (Lipinski definition) is 3. The predicted octanol–water partition coefficient (Wildman–Crippen LogP) is 1.82. The third-order valence-electron chi connectivity index (χ3n) is 2.30. The third kappa shape index (κ3) is 3.60. The van der Waals surface area contributed by atoms with E-state index < -0.39 is 10.5 Å². The Hall–Kier alpha value is -1.82. The summed E-state index contributed by atoms with van der Waals surface area (Å²) in [5.74, 6) is 0. The van der Waals surface area contributed by atoms with Crippen molar-refractivity contribution < 1.29 is 10.0 Å².